The van der Waals surface area contributed by atoms with Crippen LogP contribution in [0.4, 0.5) is 5.82 Å². The number of hydrogen-bond donors (Lipinski definition) is 1. The van der Waals surface area contributed by atoms with Gasteiger partial charge in [-0.15, -0.1) is 0 Å². The van der Waals surface area contributed by atoms with Crippen LogP contribution in [-0.2, 0) is 6.54 Å². The van der Waals surface area contributed by atoms with Crippen LogP contribution >= 0.6 is 0 Å². The van der Waals surface area contributed by atoms with Crippen molar-refractivity contribution >= 4 is 5.82 Å². The van der Waals surface area contributed by atoms with Gasteiger partial charge in [-0.2, -0.15) is 0 Å². The van der Waals surface area contributed by atoms with Crippen molar-refractivity contribution in [2.24, 2.45) is 0 Å². The fraction of sp³-hybridized carbons (Fsp3) is 0.286. The Morgan fingerprint density at radius 3 is 2.61 bits per heavy atom. The zero-order valence-corrected chi connectivity index (χ0v) is 10.6. The first-order chi connectivity index (χ1) is 8.66. The quantitative estimate of drug-likeness (QED) is 0.894. The Balaban J connectivity index is 2.07. The van der Waals surface area contributed by atoms with Crippen LogP contribution in [0.25, 0.3) is 0 Å². The molecule has 0 spiro atoms. The molecule has 2 aromatic heterocycles. The molecule has 0 bridgehead atoms. The Morgan fingerprint density at radius 2 is 2.06 bits per heavy atom. The van der Waals surface area contributed by atoms with Crippen LogP contribution < -0.4 is 4.90 Å². The highest BCUT2D eigenvalue weighted by Gasteiger charge is 2.06. The fourth-order valence-electron chi connectivity index (χ4n) is 1.69. The van der Waals surface area contributed by atoms with Gasteiger partial charge in [0.2, 0.25) is 0 Å². The third kappa shape index (κ3) is 3.05. The molecule has 0 saturated heterocycles. The molecule has 4 nitrogen and oxygen atoms in total. The smallest absolute Gasteiger partial charge is 0.128 e. The summed E-state index contributed by atoms with van der Waals surface area (Å²) in [6.45, 7) is 2.44. The summed E-state index contributed by atoms with van der Waals surface area (Å²) in [5.41, 5.74) is 1.83. The number of hydrogen-bond acceptors (Lipinski definition) is 4. The summed E-state index contributed by atoms with van der Waals surface area (Å²) in [5.74, 6) is 0.866. The summed E-state index contributed by atoms with van der Waals surface area (Å²) >= 11 is 0. The van der Waals surface area contributed by atoms with E-state index in [1.807, 2.05) is 42.3 Å². The Bertz CT molecular complexity index is 482. The van der Waals surface area contributed by atoms with Gasteiger partial charge < -0.3 is 10.0 Å². The number of aliphatic hydroxyl groups excluding tert-OH is 1. The Labute approximate surface area is 107 Å². The topological polar surface area (TPSA) is 49.2 Å². The Kier molecular flexibility index (Phi) is 3.89. The van der Waals surface area contributed by atoms with Gasteiger partial charge in [0.15, 0.2) is 0 Å². The molecule has 0 aliphatic rings. The summed E-state index contributed by atoms with van der Waals surface area (Å²) in [5, 5.41) is 9.42. The number of nitrogens with zero attached hydrogens (tertiary/aromatic N) is 3. The first kappa shape index (κ1) is 12.5. The van der Waals surface area contributed by atoms with Crippen molar-refractivity contribution in [3.05, 3.63) is 54.0 Å². The Morgan fingerprint density at radius 1 is 1.22 bits per heavy atom. The number of pyridine rings is 2. The summed E-state index contributed by atoms with van der Waals surface area (Å²) in [7, 11) is 1.97. The van der Waals surface area contributed by atoms with Crippen LogP contribution in [0.15, 0.2) is 42.7 Å². The lowest BCUT2D eigenvalue weighted by Gasteiger charge is -2.18. The molecular weight excluding hydrogens is 226 g/mol. The van der Waals surface area contributed by atoms with E-state index >= 15 is 0 Å². The molecule has 2 rings (SSSR count). The van der Waals surface area contributed by atoms with E-state index in [0.29, 0.717) is 6.54 Å². The van der Waals surface area contributed by atoms with E-state index in [9.17, 15) is 5.11 Å². The van der Waals surface area contributed by atoms with Crippen molar-refractivity contribution in [3.63, 3.8) is 0 Å². The molecule has 4 heteroatoms. The highest BCUT2D eigenvalue weighted by Crippen LogP contribution is 2.16. The molecule has 2 heterocycles. The van der Waals surface area contributed by atoms with Gasteiger partial charge in [0.1, 0.15) is 5.82 Å². The maximum atomic E-state index is 9.42. The highest BCUT2D eigenvalue weighted by atomic mass is 16.3. The Hall–Kier alpha value is -1.94. The molecule has 0 fully saturated rings. The van der Waals surface area contributed by atoms with E-state index < -0.39 is 6.10 Å². The predicted molar refractivity (Wildman–Crippen MR) is 71.2 cm³/mol. The molecule has 0 aromatic carbocycles. The van der Waals surface area contributed by atoms with Gasteiger partial charge in [-0.25, -0.2) is 4.98 Å². The van der Waals surface area contributed by atoms with Gasteiger partial charge in [0, 0.05) is 19.4 Å². The first-order valence-electron chi connectivity index (χ1n) is 5.92. The standard InChI is InChI=1S/C14H17N3O/c1-11(18)12-6-7-14(16-9-12)17(2)10-13-5-3-4-8-15-13/h3-9,11,18H,10H2,1-2H3. The monoisotopic (exact) mass is 243 g/mol. The van der Waals surface area contributed by atoms with Crippen LogP contribution in [0, 0.1) is 0 Å². The maximum absolute atomic E-state index is 9.42. The molecule has 0 aliphatic carbocycles. The minimum Gasteiger partial charge on any atom is -0.389 e. The summed E-state index contributed by atoms with van der Waals surface area (Å²) in [6.07, 6.45) is 3.01. The summed E-state index contributed by atoms with van der Waals surface area (Å²) in [6, 6.07) is 9.66. The van der Waals surface area contributed by atoms with E-state index in [2.05, 4.69) is 9.97 Å². The molecule has 1 N–H and O–H groups in total. The molecular formula is C14H17N3O. The molecule has 0 amide bonds. The van der Waals surface area contributed by atoms with Crippen molar-refractivity contribution in [2.75, 3.05) is 11.9 Å². The number of anilines is 1. The maximum Gasteiger partial charge on any atom is 0.128 e. The summed E-state index contributed by atoms with van der Waals surface area (Å²) in [4.78, 5) is 10.6. The van der Waals surface area contributed by atoms with Crippen molar-refractivity contribution in [1.82, 2.24) is 9.97 Å². The highest BCUT2D eigenvalue weighted by molar-refractivity contribution is 5.39. The lowest BCUT2D eigenvalue weighted by molar-refractivity contribution is 0.199. The number of aromatic nitrogens is 2. The summed E-state index contributed by atoms with van der Waals surface area (Å²) < 4.78 is 0. The lowest BCUT2D eigenvalue weighted by atomic mass is 10.2. The largest absolute Gasteiger partial charge is 0.389 e. The van der Waals surface area contributed by atoms with Crippen LogP contribution in [0.3, 0.4) is 0 Å². The van der Waals surface area contributed by atoms with Gasteiger partial charge in [-0.05, 0) is 30.7 Å². The van der Waals surface area contributed by atoms with Gasteiger partial charge in [-0.1, -0.05) is 12.1 Å². The van der Waals surface area contributed by atoms with E-state index in [-0.39, 0.29) is 0 Å². The second-order valence-electron chi connectivity index (χ2n) is 4.30. The molecule has 0 saturated carbocycles. The average Bonchev–Trinajstić information content (AvgIpc) is 2.40. The van der Waals surface area contributed by atoms with Crippen molar-refractivity contribution < 1.29 is 5.11 Å². The molecule has 2 aromatic rings. The van der Waals surface area contributed by atoms with Crippen LogP contribution in [0.5, 0.6) is 0 Å². The van der Waals surface area contributed by atoms with Crippen LogP contribution in [0.1, 0.15) is 24.3 Å². The van der Waals surface area contributed by atoms with E-state index in [1.165, 1.54) is 0 Å². The average molecular weight is 243 g/mol. The first-order valence-corrected chi connectivity index (χ1v) is 5.92. The lowest BCUT2D eigenvalue weighted by Crippen LogP contribution is -2.18. The second-order valence-corrected chi connectivity index (χ2v) is 4.30. The zero-order valence-electron chi connectivity index (χ0n) is 10.6. The third-order valence-corrected chi connectivity index (χ3v) is 2.77. The van der Waals surface area contributed by atoms with Crippen molar-refractivity contribution in [2.45, 2.75) is 19.6 Å². The SMILES string of the molecule is CC(O)c1ccc(N(C)Cc2ccccn2)nc1. The van der Waals surface area contributed by atoms with Gasteiger partial charge in [0.25, 0.3) is 0 Å². The third-order valence-electron chi connectivity index (χ3n) is 2.77. The van der Waals surface area contributed by atoms with Gasteiger partial charge >= 0.3 is 0 Å². The van der Waals surface area contributed by atoms with Crippen molar-refractivity contribution in [3.8, 4) is 0 Å². The normalized spacial score (nSPS) is 12.2. The number of rotatable bonds is 4. The predicted octanol–water partition coefficient (Wildman–Crippen LogP) is 2.17. The molecule has 0 radical (unpaired) electrons. The zero-order chi connectivity index (χ0) is 13.0. The van der Waals surface area contributed by atoms with Crippen LogP contribution in [0.2, 0.25) is 0 Å². The van der Waals surface area contributed by atoms with Crippen LogP contribution in [-0.4, -0.2) is 22.1 Å². The minimum absolute atomic E-state index is 0.479. The number of aliphatic hydroxyl groups is 1. The molecule has 1 atom stereocenters. The molecule has 94 valence electrons. The van der Waals surface area contributed by atoms with E-state index in [4.69, 9.17) is 0 Å². The van der Waals surface area contributed by atoms with E-state index in [1.54, 1.807) is 19.3 Å². The van der Waals surface area contributed by atoms with E-state index in [0.717, 1.165) is 17.1 Å². The minimum atomic E-state index is -0.479. The molecule has 18 heavy (non-hydrogen) atoms. The van der Waals surface area contributed by atoms with Gasteiger partial charge in [0.05, 0.1) is 18.3 Å². The second kappa shape index (κ2) is 5.60. The van der Waals surface area contributed by atoms with Gasteiger partial charge in [-0.3, -0.25) is 4.98 Å². The fourth-order valence-corrected chi connectivity index (χ4v) is 1.69. The molecule has 0 aliphatic heterocycles. The van der Waals surface area contributed by atoms with Crippen molar-refractivity contribution in [1.29, 1.82) is 0 Å². The molecule has 1 unspecified atom stereocenters.